The average molecular weight is 271 g/mol. The van der Waals surface area contributed by atoms with Gasteiger partial charge < -0.3 is 10.5 Å². The van der Waals surface area contributed by atoms with Crippen molar-refractivity contribution in [3.8, 4) is 0 Å². The molecule has 1 heterocycles. The fraction of sp³-hybridized carbons (Fsp3) is 0.375. The van der Waals surface area contributed by atoms with Gasteiger partial charge in [0.25, 0.3) is 0 Å². The molecule has 2 N–H and O–H groups in total. The van der Waals surface area contributed by atoms with E-state index in [1.165, 1.54) is 0 Å². The summed E-state index contributed by atoms with van der Waals surface area (Å²) < 4.78 is 5.25. The van der Waals surface area contributed by atoms with Crippen LogP contribution < -0.4 is 5.73 Å². The van der Waals surface area contributed by atoms with E-state index >= 15 is 0 Å². The second-order valence-electron chi connectivity index (χ2n) is 5.82. The number of hydrogen-bond donors (Lipinski definition) is 1. The number of allylic oxidation sites excluding steroid dienone is 1. The summed E-state index contributed by atoms with van der Waals surface area (Å²) in [5, 5.41) is 0. The van der Waals surface area contributed by atoms with Gasteiger partial charge in [-0.1, -0.05) is 24.3 Å². The SMILES string of the molecule is C=C1CC2COC(=O)C2(Cc2ccc(C(N)=O)cc2)C1. The summed E-state index contributed by atoms with van der Waals surface area (Å²) in [7, 11) is 0. The summed E-state index contributed by atoms with van der Waals surface area (Å²) in [4.78, 5) is 23.2. The van der Waals surface area contributed by atoms with Gasteiger partial charge in [0, 0.05) is 11.5 Å². The van der Waals surface area contributed by atoms with E-state index in [4.69, 9.17) is 10.5 Å². The normalized spacial score (nSPS) is 28.3. The summed E-state index contributed by atoms with van der Waals surface area (Å²) in [5.74, 6) is -0.319. The molecular weight excluding hydrogens is 254 g/mol. The molecule has 1 aliphatic heterocycles. The highest BCUT2D eigenvalue weighted by molar-refractivity contribution is 5.92. The van der Waals surface area contributed by atoms with Crippen molar-refractivity contribution in [2.75, 3.05) is 6.61 Å². The number of primary amides is 1. The Bertz CT molecular complexity index is 590. The topological polar surface area (TPSA) is 69.4 Å². The summed E-state index contributed by atoms with van der Waals surface area (Å²) in [5.41, 5.74) is 7.40. The molecule has 1 saturated heterocycles. The van der Waals surface area contributed by atoms with E-state index in [9.17, 15) is 9.59 Å². The number of esters is 1. The molecule has 1 aliphatic carbocycles. The largest absolute Gasteiger partial charge is 0.465 e. The number of amides is 1. The van der Waals surface area contributed by atoms with Crippen molar-refractivity contribution < 1.29 is 14.3 Å². The zero-order valence-electron chi connectivity index (χ0n) is 11.2. The smallest absolute Gasteiger partial charge is 0.313 e. The lowest BCUT2D eigenvalue weighted by Gasteiger charge is -2.24. The van der Waals surface area contributed by atoms with Crippen LogP contribution in [-0.2, 0) is 16.0 Å². The van der Waals surface area contributed by atoms with Gasteiger partial charge in [-0.15, -0.1) is 0 Å². The standard InChI is InChI=1S/C16H17NO3/c1-10-6-13-9-20-15(19)16(13,7-10)8-11-2-4-12(5-3-11)14(17)18/h2-5,13H,1,6-9H2,(H2,17,18). The first-order chi connectivity index (χ1) is 9.51. The van der Waals surface area contributed by atoms with Crippen molar-refractivity contribution in [3.05, 3.63) is 47.5 Å². The molecule has 3 rings (SSSR count). The molecule has 0 spiro atoms. The van der Waals surface area contributed by atoms with Crippen molar-refractivity contribution in [3.63, 3.8) is 0 Å². The number of cyclic esters (lactones) is 1. The van der Waals surface area contributed by atoms with E-state index < -0.39 is 11.3 Å². The van der Waals surface area contributed by atoms with Crippen molar-refractivity contribution in [2.24, 2.45) is 17.1 Å². The monoisotopic (exact) mass is 271 g/mol. The summed E-state index contributed by atoms with van der Waals surface area (Å²) in [6, 6.07) is 7.12. The van der Waals surface area contributed by atoms with Gasteiger partial charge in [0.2, 0.25) is 5.91 Å². The molecule has 4 heteroatoms. The lowest BCUT2D eigenvalue weighted by Crippen LogP contribution is -2.31. The van der Waals surface area contributed by atoms with Crippen LogP contribution in [0.25, 0.3) is 0 Å². The first-order valence-corrected chi connectivity index (χ1v) is 6.74. The molecule has 1 amide bonds. The first-order valence-electron chi connectivity index (χ1n) is 6.74. The first kappa shape index (κ1) is 12.9. The van der Waals surface area contributed by atoms with Crippen LogP contribution in [0.3, 0.4) is 0 Å². The Kier molecular flexibility index (Phi) is 2.89. The predicted molar refractivity (Wildman–Crippen MR) is 73.9 cm³/mol. The number of ether oxygens (including phenoxy) is 1. The van der Waals surface area contributed by atoms with Crippen molar-refractivity contribution >= 4 is 11.9 Å². The van der Waals surface area contributed by atoms with Gasteiger partial charge in [-0.05, 0) is 37.0 Å². The van der Waals surface area contributed by atoms with Crippen molar-refractivity contribution in [1.82, 2.24) is 0 Å². The minimum absolute atomic E-state index is 0.111. The van der Waals surface area contributed by atoms with Crippen LogP contribution in [0, 0.1) is 11.3 Å². The van der Waals surface area contributed by atoms with Crippen LogP contribution in [0.5, 0.6) is 0 Å². The molecule has 0 aromatic heterocycles. The van der Waals surface area contributed by atoms with Gasteiger partial charge in [0.05, 0.1) is 12.0 Å². The Morgan fingerprint density at radius 2 is 2.10 bits per heavy atom. The molecule has 1 aromatic rings. The maximum Gasteiger partial charge on any atom is 0.313 e. The molecule has 20 heavy (non-hydrogen) atoms. The highest BCUT2D eigenvalue weighted by atomic mass is 16.5. The third-order valence-electron chi connectivity index (χ3n) is 4.46. The van der Waals surface area contributed by atoms with Gasteiger partial charge in [0.15, 0.2) is 0 Å². The third-order valence-corrected chi connectivity index (χ3v) is 4.46. The van der Waals surface area contributed by atoms with Gasteiger partial charge in [0.1, 0.15) is 0 Å². The Morgan fingerprint density at radius 3 is 2.75 bits per heavy atom. The molecular formula is C16H17NO3. The summed E-state index contributed by atoms with van der Waals surface area (Å²) in [6.07, 6.45) is 2.20. The number of carbonyl (C=O) groups is 2. The molecule has 0 radical (unpaired) electrons. The van der Waals surface area contributed by atoms with Gasteiger partial charge in [-0.2, -0.15) is 0 Å². The third kappa shape index (κ3) is 1.92. The Morgan fingerprint density at radius 1 is 1.40 bits per heavy atom. The molecule has 0 bridgehead atoms. The second kappa shape index (κ2) is 4.47. The fourth-order valence-electron chi connectivity index (χ4n) is 3.41. The predicted octanol–water partition coefficient (Wildman–Crippen LogP) is 1.84. The number of fused-ring (bicyclic) bond motifs is 1. The molecule has 1 aromatic carbocycles. The van der Waals surface area contributed by atoms with E-state index in [0.717, 1.165) is 17.6 Å². The van der Waals surface area contributed by atoms with E-state index in [2.05, 4.69) is 6.58 Å². The Balaban J connectivity index is 1.87. The van der Waals surface area contributed by atoms with Crippen molar-refractivity contribution in [1.29, 1.82) is 0 Å². The van der Waals surface area contributed by atoms with E-state index in [1.807, 2.05) is 12.1 Å². The van der Waals surface area contributed by atoms with Gasteiger partial charge >= 0.3 is 5.97 Å². The van der Waals surface area contributed by atoms with E-state index in [-0.39, 0.29) is 11.9 Å². The van der Waals surface area contributed by atoms with Crippen LogP contribution in [0.2, 0.25) is 0 Å². The van der Waals surface area contributed by atoms with Crippen molar-refractivity contribution in [2.45, 2.75) is 19.3 Å². The highest BCUT2D eigenvalue weighted by Crippen LogP contribution is 2.52. The Hall–Kier alpha value is -2.10. The maximum absolute atomic E-state index is 12.2. The zero-order valence-corrected chi connectivity index (χ0v) is 11.2. The van der Waals surface area contributed by atoms with Gasteiger partial charge in [-0.3, -0.25) is 9.59 Å². The fourth-order valence-corrected chi connectivity index (χ4v) is 3.41. The number of hydrogen-bond acceptors (Lipinski definition) is 3. The molecule has 2 fully saturated rings. The lowest BCUT2D eigenvalue weighted by atomic mass is 9.75. The molecule has 2 aliphatic rings. The van der Waals surface area contributed by atoms with E-state index in [0.29, 0.717) is 25.0 Å². The highest BCUT2D eigenvalue weighted by Gasteiger charge is 2.55. The minimum Gasteiger partial charge on any atom is -0.465 e. The van der Waals surface area contributed by atoms with Crippen LogP contribution in [0.4, 0.5) is 0 Å². The number of carbonyl (C=O) groups excluding carboxylic acids is 2. The Labute approximate surface area is 117 Å². The van der Waals surface area contributed by atoms with Crippen LogP contribution in [0.15, 0.2) is 36.4 Å². The number of nitrogens with two attached hydrogens (primary N) is 1. The molecule has 104 valence electrons. The average Bonchev–Trinajstić information content (AvgIpc) is 2.86. The molecule has 2 unspecified atom stereocenters. The van der Waals surface area contributed by atoms with Crippen LogP contribution in [-0.4, -0.2) is 18.5 Å². The van der Waals surface area contributed by atoms with Crippen LogP contribution in [0.1, 0.15) is 28.8 Å². The molecule has 1 saturated carbocycles. The zero-order chi connectivity index (χ0) is 14.3. The minimum atomic E-state index is -0.453. The van der Waals surface area contributed by atoms with Gasteiger partial charge in [-0.25, -0.2) is 0 Å². The number of rotatable bonds is 3. The second-order valence-corrected chi connectivity index (χ2v) is 5.82. The molecule has 2 atom stereocenters. The summed E-state index contributed by atoms with van der Waals surface area (Å²) >= 11 is 0. The lowest BCUT2D eigenvalue weighted by molar-refractivity contribution is -0.146. The van der Waals surface area contributed by atoms with Crippen LogP contribution >= 0.6 is 0 Å². The van der Waals surface area contributed by atoms with E-state index in [1.54, 1.807) is 12.1 Å². The summed E-state index contributed by atoms with van der Waals surface area (Å²) in [6.45, 7) is 4.52. The number of benzene rings is 1. The quantitative estimate of drug-likeness (QED) is 0.673. The molecule has 4 nitrogen and oxygen atoms in total. The maximum atomic E-state index is 12.2.